The number of guanidine groups is 1. The van der Waals surface area contributed by atoms with Crippen LogP contribution in [0, 0.1) is 0 Å². The normalized spacial score (nSPS) is 14.9. The van der Waals surface area contributed by atoms with Gasteiger partial charge in [-0.2, -0.15) is 0 Å². The van der Waals surface area contributed by atoms with Crippen LogP contribution in [-0.4, -0.2) is 35.6 Å². The van der Waals surface area contributed by atoms with E-state index in [0.29, 0.717) is 13.1 Å². The van der Waals surface area contributed by atoms with Gasteiger partial charge in [-0.3, -0.25) is 9.79 Å². The maximum Gasteiger partial charge on any atom is 0.255 e. The molecule has 5 heteroatoms. The summed E-state index contributed by atoms with van der Waals surface area (Å²) < 4.78 is 1.71. The summed E-state index contributed by atoms with van der Waals surface area (Å²) in [4.78, 5) is 18.3. The lowest BCUT2D eigenvalue weighted by molar-refractivity contribution is 0.533. The van der Waals surface area contributed by atoms with E-state index in [9.17, 15) is 4.79 Å². The Hall–Kier alpha value is -1.78. The van der Waals surface area contributed by atoms with Crippen molar-refractivity contribution in [1.82, 2.24) is 14.8 Å². The van der Waals surface area contributed by atoms with Gasteiger partial charge in [-0.15, -0.1) is 0 Å². The van der Waals surface area contributed by atoms with Crippen molar-refractivity contribution >= 4 is 5.96 Å². The van der Waals surface area contributed by atoms with E-state index in [1.807, 2.05) is 32.3 Å². The number of aliphatic imine (C=N–C) groups is 1. The van der Waals surface area contributed by atoms with Crippen molar-refractivity contribution in [2.45, 2.75) is 20.0 Å². The van der Waals surface area contributed by atoms with E-state index >= 15 is 0 Å². The predicted octanol–water partition coefficient (Wildman–Crippen LogP) is 0.259. The van der Waals surface area contributed by atoms with Gasteiger partial charge in [0.15, 0.2) is 5.96 Å². The topological polar surface area (TPSA) is 49.6 Å². The number of hydrogen-bond acceptors (Lipinski definition) is 4. The van der Waals surface area contributed by atoms with E-state index in [0.717, 1.165) is 24.6 Å². The molecule has 2 rings (SSSR count). The Balaban J connectivity index is 2.07. The summed E-state index contributed by atoms with van der Waals surface area (Å²) >= 11 is 0. The van der Waals surface area contributed by atoms with E-state index in [1.165, 1.54) is 0 Å². The van der Waals surface area contributed by atoms with Gasteiger partial charge in [0.2, 0.25) is 0 Å². The Bertz CT molecular complexity index is 478. The van der Waals surface area contributed by atoms with Crippen LogP contribution >= 0.6 is 0 Å². The zero-order valence-corrected chi connectivity index (χ0v) is 10.3. The lowest BCUT2D eigenvalue weighted by Gasteiger charge is -2.15. The van der Waals surface area contributed by atoms with Crippen molar-refractivity contribution in [2.75, 3.05) is 20.1 Å². The number of nitrogens with one attached hydrogen (secondary N) is 1. The molecule has 0 aromatic carbocycles. The minimum Gasteiger partial charge on any atom is -0.352 e. The largest absolute Gasteiger partial charge is 0.352 e. The molecule has 5 nitrogen and oxygen atoms in total. The van der Waals surface area contributed by atoms with Gasteiger partial charge < -0.3 is 14.8 Å². The number of aryl methyl sites for hydroxylation is 1. The van der Waals surface area contributed by atoms with Crippen molar-refractivity contribution in [2.24, 2.45) is 4.99 Å². The Morgan fingerprint density at radius 1 is 1.53 bits per heavy atom. The van der Waals surface area contributed by atoms with Crippen molar-refractivity contribution in [3.8, 4) is 0 Å². The van der Waals surface area contributed by atoms with Crippen LogP contribution in [0.3, 0.4) is 0 Å². The van der Waals surface area contributed by atoms with E-state index in [4.69, 9.17) is 0 Å². The Labute approximate surface area is 101 Å². The zero-order chi connectivity index (χ0) is 12.3. The molecule has 0 saturated heterocycles. The number of likely N-dealkylation sites (N-methyl/N-ethyl adjacent to an activating group) is 1. The summed E-state index contributed by atoms with van der Waals surface area (Å²) in [6.07, 6.45) is 1.81. The molecule has 0 aliphatic carbocycles. The van der Waals surface area contributed by atoms with Gasteiger partial charge in [-0.25, -0.2) is 0 Å². The van der Waals surface area contributed by atoms with Crippen molar-refractivity contribution < 1.29 is 0 Å². The van der Waals surface area contributed by atoms with Crippen molar-refractivity contribution in [3.63, 3.8) is 0 Å². The average molecular weight is 234 g/mol. The Morgan fingerprint density at radius 2 is 2.35 bits per heavy atom. The summed E-state index contributed by atoms with van der Waals surface area (Å²) in [5.41, 5.74) is 0.848. The molecule has 17 heavy (non-hydrogen) atoms. The number of hydrogen-bond donors (Lipinski definition) is 1. The Morgan fingerprint density at radius 3 is 3.00 bits per heavy atom. The minimum absolute atomic E-state index is 0.0729. The first-order valence-corrected chi connectivity index (χ1v) is 5.90. The van der Waals surface area contributed by atoms with E-state index in [2.05, 4.69) is 15.2 Å². The second-order valence-corrected chi connectivity index (χ2v) is 4.11. The maximum atomic E-state index is 12.0. The summed E-state index contributed by atoms with van der Waals surface area (Å²) in [5, 5.41) is 3.20. The van der Waals surface area contributed by atoms with E-state index < -0.39 is 0 Å². The highest BCUT2D eigenvalue weighted by Crippen LogP contribution is 1.97. The molecule has 0 radical (unpaired) electrons. The third-order valence-corrected chi connectivity index (χ3v) is 2.94. The molecule has 92 valence electrons. The monoisotopic (exact) mass is 234 g/mol. The van der Waals surface area contributed by atoms with Gasteiger partial charge in [0.1, 0.15) is 0 Å². The molecule has 1 aromatic rings. The zero-order valence-electron chi connectivity index (χ0n) is 10.3. The Kier molecular flexibility index (Phi) is 3.46. The van der Waals surface area contributed by atoms with Crippen molar-refractivity contribution in [1.29, 1.82) is 0 Å². The number of rotatable bonds is 3. The SMILES string of the molecule is CCn1cccc(CNC2=NCCN2C)c1=O. The second kappa shape index (κ2) is 5.03. The molecule has 0 spiro atoms. The molecule has 0 amide bonds. The van der Waals surface area contributed by atoms with Gasteiger partial charge in [-0.1, -0.05) is 6.07 Å². The molecule has 0 atom stereocenters. The molecule has 1 N–H and O–H groups in total. The smallest absolute Gasteiger partial charge is 0.255 e. The highest BCUT2D eigenvalue weighted by atomic mass is 16.1. The standard InChI is InChI=1S/C12H18N4O/c1-3-16-7-4-5-10(11(16)17)9-14-12-13-6-8-15(12)2/h4-5,7H,3,6,8-9H2,1-2H3,(H,13,14). The summed E-state index contributed by atoms with van der Waals surface area (Å²) in [6.45, 7) is 4.97. The fourth-order valence-electron chi connectivity index (χ4n) is 1.87. The van der Waals surface area contributed by atoms with Gasteiger partial charge >= 0.3 is 0 Å². The fraction of sp³-hybridized carbons (Fsp3) is 0.500. The molecule has 1 aliphatic heterocycles. The van der Waals surface area contributed by atoms with Crippen LogP contribution < -0.4 is 10.9 Å². The van der Waals surface area contributed by atoms with Crippen molar-refractivity contribution in [3.05, 3.63) is 34.2 Å². The number of nitrogens with zero attached hydrogens (tertiary/aromatic N) is 3. The molecular weight excluding hydrogens is 216 g/mol. The third-order valence-electron chi connectivity index (χ3n) is 2.94. The first-order valence-electron chi connectivity index (χ1n) is 5.90. The van der Waals surface area contributed by atoms with E-state index in [-0.39, 0.29) is 5.56 Å². The molecule has 0 fully saturated rings. The molecule has 1 aromatic heterocycles. The quantitative estimate of drug-likeness (QED) is 0.816. The fourth-order valence-corrected chi connectivity index (χ4v) is 1.87. The van der Waals surface area contributed by atoms with Gasteiger partial charge in [0.05, 0.1) is 6.54 Å². The van der Waals surface area contributed by atoms with Gasteiger partial charge in [0.25, 0.3) is 5.56 Å². The number of pyridine rings is 1. The first-order chi connectivity index (χ1) is 8.22. The van der Waals surface area contributed by atoms with Crippen LogP contribution in [0.1, 0.15) is 12.5 Å². The van der Waals surface area contributed by atoms with Crippen LogP contribution in [0.5, 0.6) is 0 Å². The van der Waals surface area contributed by atoms with Gasteiger partial charge in [0, 0.05) is 38.4 Å². The van der Waals surface area contributed by atoms with E-state index in [1.54, 1.807) is 4.57 Å². The molecule has 0 saturated carbocycles. The van der Waals surface area contributed by atoms with Crippen LogP contribution in [0.2, 0.25) is 0 Å². The van der Waals surface area contributed by atoms with Crippen LogP contribution in [-0.2, 0) is 13.1 Å². The minimum atomic E-state index is 0.0729. The molecular formula is C12H18N4O. The summed E-state index contributed by atoms with van der Waals surface area (Å²) in [7, 11) is 1.99. The highest BCUT2D eigenvalue weighted by molar-refractivity contribution is 5.81. The molecule has 1 aliphatic rings. The lowest BCUT2D eigenvalue weighted by atomic mass is 10.2. The summed E-state index contributed by atoms with van der Waals surface area (Å²) in [6, 6.07) is 3.76. The molecule has 0 unspecified atom stereocenters. The van der Waals surface area contributed by atoms with Crippen LogP contribution in [0.4, 0.5) is 0 Å². The van der Waals surface area contributed by atoms with Gasteiger partial charge in [-0.05, 0) is 13.0 Å². The highest BCUT2D eigenvalue weighted by Gasteiger charge is 2.12. The molecule has 2 heterocycles. The first kappa shape index (κ1) is 11.7. The van der Waals surface area contributed by atoms with Crippen LogP contribution in [0.25, 0.3) is 0 Å². The average Bonchev–Trinajstić information content (AvgIpc) is 2.74. The summed E-state index contributed by atoms with van der Waals surface area (Å²) in [5.74, 6) is 0.872. The second-order valence-electron chi connectivity index (χ2n) is 4.11. The lowest BCUT2D eigenvalue weighted by Crippen LogP contribution is -2.36. The molecule has 0 bridgehead atoms. The maximum absolute atomic E-state index is 12.0. The van der Waals surface area contributed by atoms with Crippen LogP contribution in [0.15, 0.2) is 28.1 Å². The third kappa shape index (κ3) is 2.49. The number of aromatic nitrogens is 1. The predicted molar refractivity (Wildman–Crippen MR) is 68.1 cm³/mol.